The Balaban J connectivity index is 2.02. The predicted molar refractivity (Wildman–Crippen MR) is 94.9 cm³/mol. The van der Waals surface area contributed by atoms with Crippen LogP contribution in [0.1, 0.15) is 0 Å². The Hall–Kier alpha value is -3.67. The van der Waals surface area contributed by atoms with E-state index in [0.29, 0.717) is 22.6 Å². The van der Waals surface area contributed by atoms with Gasteiger partial charge >= 0.3 is 0 Å². The summed E-state index contributed by atoms with van der Waals surface area (Å²) in [6, 6.07) is 20.7. The first-order valence-electron chi connectivity index (χ1n) is 7.65. The molecule has 2 aromatic heterocycles. The molecule has 0 amide bonds. The molecule has 0 N–H and O–H groups in total. The smallest absolute Gasteiger partial charge is 0.258 e. The molecule has 4 rings (SSSR count). The lowest BCUT2D eigenvalue weighted by Crippen LogP contribution is -1.98. The zero-order valence-electron chi connectivity index (χ0n) is 13.0. The number of aromatic nitrogens is 3. The van der Waals surface area contributed by atoms with Crippen LogP contribution in [0, 0.1) is 10.1 Å². The minimum atomic E-state index is -0.485. The van der Waals surface area contributed by atoms with Gasteiger partial charge in [-0.15, -0.1) is 0 Å². The van der Waals surface area contributed by atoms with Crippen LogP contribution < -0.4 is 0 Å². The highest BCUT2D eigenvalue weighted by molar-refractivity contribution is 5.85. The van der Waals surface area contributed by atoms with E-state index in [1.165, 1.54) is 12.3 Å². The van der Waals surface area contributed by atoms with Gasteiger partial charge in [-0.3, -0.25) is 10.1 Å². The standard InChI is InChI=1S/C19H12N4O2/c24-23(25)15-11-16-19(20-12-15)22-18(14-9-5-2-6-10-14)17(21-16)13-7-3-1-4-8-13/h1-12H. The lowest BCUT2D eigenvalue weighted by atomic mass is 10.0. The van der Waals surface area contributed by atoms with E-state index in [9.17, 15) is 10.1 Å². The average Bonchev–Trinajstić information content (AvgIpc) is 2.68. The van der Waals surface area contributed by atoms with Crippen LogP contribution in [0.25, 0.3) is 33.7 Å². The van der Waals surface area contributed by atoms with E-state index in [1.54, 1.807) is 0 Å². The highest BCUT2D eigenvalue weighted by Gasteiger charge is 2.16. The maximum absolute atomic E-state index is 11.0. The number of nitro groups is 1. The molecule has 4 aromatic rings. The number of fused-ring (bicyclic) bond motifs is 1. The fourth-order valence-electron chi connectivity index (χ4n) is 2.63. The first-order chi connectivity index (χ1) is 12.2. The first kappa shape index (κ1) is 14.9. The summed E-state index contributed by atoms with van der Waals surface area (Å²) in [5.74, 6) is 0. The van der Waals surface area contributed by atoms with Crippen molar-refractivity contribution in [2.75, 3.05) is 0 Å². The van der Waals surface area contributed by atoms with Crippen molar-refractivity contribution in [3.63, 3.8) is 0 Å². The molecule has 0 fully saturated rings. The maximum atomic E-state index is 11.0. The van der Waals surface area contributed by atoms with Gasteiger partial charge in [0.2, 0.25) is 0 Å². The first-order valence-corrected chi connectivity index (χ1v) is 7.65. The molecular formula is C19H12N4O2. The van der Waals surface area contributed by atoms with Crippen molar-refractivity contribution in [1.82, 2.24) is 15.0 Å². The Bertz CT molecular complexity index is 1070. The quantitative estimate of drug-likeness (QED) is 0.414. The number of nitrogens with zero attached hydrogens (tertiary/aromatic N) is 4. The lowest BCUT2D eigenvalue weighted by molar-refractivity contribution is -0.385. The summed E-state index contributed by atoms with van der Waals surface area (Å²) < 4.78 is 0. The van der Waals surface area contributed by atoms with Crippen molar-refractivity contribution in [2.24, 2.45) is 0 Å². The van der Waals surface area contributed by atoms with Gasteiger partial charge in [-0.25, -0.2) is 15.0 Å². The van der Waals surface area contributed by atoms with Crippen LogP contribution in [-0.4, -0.2) is 19.9 Å². The summed E-state index contributed by atoms with van der Waals surface area (Å²) in [4.78, 5) is 23.9. The molecule has 0 saturated carbocycles. The monoisotopic (exact) mass is 328 g/mol. The number of pyridine rings is 1. The minimum absolute atomic E-state index is 0.103. The fourth-order valence-corrected chi connectivity index (χ4v) is 2.63. The SMILES string of the molecule is O=[N+]([O-])c1cnc2nc(-c3ccccc3)c(-c3ccccc3)nc2c1. The maximum Gasteiger partial charge on any atom is 0.289 e. The Kier molecular flexibility index (Phi) is 3.63. The van der Waals surface area contributed by atoms with Crippen molar-refractivity contribution in [2.45, 2.75) is 0 Å². The zero-order valence-corrected chi connectivity index (χ0v) is 13.0. The molecule has 0 aliphatic rings. The van der Waals surface area contributed by atoms with Crippen molar-refractivity contribution in [3.8, 4) is 22.5 Å². The summed E-state index contributed by atoms with van der Waals surface area (Å²) in [7, 11) is 0. The highest BCUT2D eigenvalue weighted by Crippen LogP contribution is 2.30. The van der Waals surface area contributed by atoms with Gasteiger partial charge in [0.05, 0.1) is 16.3 Å². The normalized spacial score (nSPS) is 10.7. The Morgan fingerprint density at radius 2 is 1.36 bits per heavy atom. The van der Waals surface area contributed by atoms with Crippen LogP contribution in [0.4, 0.5) is 5.69 Å². The lowest BCUT2D eigenvalue weighted by Gasteiger charge is -2.10. The van der Waals surface area contributed by atoms with Gasteiger partial charge in [0, 0.05) is 17.2 Å². The summed E-state index contributed by atoms with van der Waals surface area (Å²) in [5, 5.41) is 11.0. The summed E-state index contributed by atoms with van der Waals surface area (Å²) in [6.45, 7) is 0. The average molecular weight is 328 g/mol. The van der Waals surface area contributed by atoms with Gasteiger partial charge in [0.15, 0.2) is 5.65 Å². The summed E-state index contributed by atoms with van der Waals surface area (Å²) in [5.41, 5.74) is 3.84. The van der Waals surface area contributed by atoms with Crippen molar-refractivity contribution in [1.29, 1.82) is 0 Å². The molecule has 0 spiro atoms. The third kappa shape index (κ3) is 2.81. The molecule has 2 aromatic carbocycles. The summed E-state index contributed by atoms with van der Waals surface area (Å²) in [6.07, 6.45) is 1.20. The summed E-state index contributed by atoms with van der Waals surface area (Å²) >= 11 is 0. The third-order valence-corrected chi connectivity index (χ3v) is 3.81. The van der Waals surface area contributed by atoms with Crippen LogP contribution in [-0.2, 0) is 0 Å². The molecule has 6 nitrogen and oxygen atoms in total. The molecule has 0 aliphatic heterocycles. The van der Waals surface area contributed by atoms with Gasteiger partial charge in [-0.05, 0) is 0 Å². The zero-order chi connectivity index (χ0) is 17.2. The molecule has 0 radical (unpaired) electrons. The molecule has 0 saturated heterocycles. The van der Waals surface area contributed by atoms with Gasteiger partial charge in [0.1, 0.15) is 11.7 Å². The predicted octanol–water partition coefficient (Wildman–Crippen LogP) is 4.27. The number of benzene rings is 2. The van der Waals surface area contributed by atoms with Crippen LogP contribution in [0.15, 0.2) is 72.9 Å². The van der Waals surface area contributed by atoms with Gasteiger partial charge in [-0.1, -0.05) is 60.7 Å². The van der Waals surface area contributed by atoms with Crippen LogP contribution >= 0.6 is 0 Å². The second kappa shape index (κ2) is 6.09. The second-order valence-electron chi connectivity index (χ2n) is 5.45. The molecule has 0 atom stereocenters. The fraction of sp³-hybridized carbons (Fsp3) is 0. The molecular weight excluding hydrogens is 316 g/mol. The Labute approximate surface area is 143 Å². The Morgan fingerprint density at radius 1 is 0.800 bits per heavy atom. The minimum Gasteiger partial charge on any atom is -0.258 e. The molecule has 6 heteroatoms. The topological polar surface area (TPSA) is 81.8 Å². The molecule has 0 aliphatic carbocycles. The van der Waals surface area contributed by atoms with Crippen LogP contribution in [0.3, 0.4) is 0 Å². The van der Waals surface area contributed by atoms with E-state index in [4.69, 9.17) is 0 Å². The van der Waals surface area contributed by atoms with E-state index >= 15 is 0 Å². The van der Waals surface area contributed by atoms with E-state index in [2.05, 4.69) is 15.0 Å². The largest absolute Gasteiger partial charge is 0.289 e. The van der Waals surface area contributed by atoms with Gasteiger partial charge in [-0.2, -0.15) is 0 Å². The number of rotatable bonds is 3. The van der Waals surface area contributed by atoms with Crippen LogP contribution in [0.2, 0.25) is 0 Å². The van der Waals surface area contributed by atoms with Crippen LogP contribution in [0.5, 0.6) is 0 Å². The van der Waals surface area contributed by atoms with Crippen molar-refractivity contribution >= 4 is 16.9 Å². The molecule has 0 unspecified atom stereocenters. The second-order valence-corrected chi connectivity index (χ2v) is 5.45. The number of hydrogen-bond acceptors (Lipinski definition) is 5. The van der Waals surface area contributed by atoms with E-state index in [1.807, 2.05) is 60.7 Å². The molecule has 120 valence electrons. The van der Waals surface area contributed by atoms with Gasteiger partial charge in [0.25, 0.3) is 5.69 Å². The Morgan fingerprint density at radius 3 is 1.92 bits per heavy atom. The number of hydrogen-bond donors (Lipinski definition) is 0. The van der Waals surface area contributed by atoms with E-state index < -0.39 is 4.92 Å². The molecule has 2 heterocycles. The molecule has 0 bridgehead atoms. The van der Waals surface area contributed by atoms with Crippen molar-refractivity contribution < 1.29 is 4.92 Å². The van der Waals surface area contributed by atoms with Gasteiger partial charge < -0.3 is 0 Å². The third-order valence-electron chi connectivity index (χ3n) is 3.81. The van der Waals surface area contributed by atoms with E-state index in [-0.39, 0.29) is 5.69 Å². The molecule has 25 heavy (non-hydrogen) atoms. The van der Waals surface area contributed by atoms with E-state index in [0.717, 1.165) is 11.1 Å². The highest BCUT2D eigenvalue weighted by atomic mass is 16.6. The van der Waals surface area contributed by atoms with Crippen molar-refractivity contribution in [3.05, 3.63) is 83.0 Å².